The second-order valence-corrected chi connectivity index (χ2v) is 5.34. The zero-order chi connectivity index (χ0) is 12.7. The summed E-state index contributed by atoms with van der Waals surface area (Å²) < 4.78 is 5.59. The van der Waals surface area contributed by atoms with Crippen LogP contribution in [0.3, 0.4) is 0 Å². The number of hydrogen-bond acceptors (Lipinski definition) is 3. The molecule has 17 heavy (non-hydrogen) atoms. The van der Waals surface area contributed by atoms with Gasteiger partial charge in [-0.05, 0) is 31.7 Å². The second-order valence-electron chi connectivity index (χ2n) is 5.34. The van der Waals surface area contributed by atoms with Crippen molar-refractivity contribution < 1.29 is 4.74 Å². The molecule has 3 nitrogen and oxygen atoms in total. The van der Waals surface area contributed by atoms with Crippen molar-refractivity contribution >= 4 is 0 Å². The van der Waals surface area contributed by atoms with Crippen LogP contribution in [-0.4, -0.2) is 50.8 Å². The van der Waals surface area contributed by atoms with E-state index in [2.05, 4.69) is 38.0 Å². The summed E-state index contributed by atoms with van der Waals surface area (Å²) in [7, 11) is 2.07. The summed E-state index contributed by atoms with van der Waals surface area (Å²) in [5.41, 5.74) is 0.430. The average molecular weight is 242 g/mol. The molecule has 0 amide bonds. The lowest BCUT2D eigenvalue weighted by molar-refractivity contribution is -0.0294. The third kappa shape index (κ3) is 3.94. The van der Waals surface area contributed by atoms with Crippen molar-refractivity contribution in [1.82, 2.24) is 10.2 Å². The van der Waals surface area contributed by atoms with Gasteiger partial charge >= 0.3 is 0 Å². The number of nitrogens with one attached hydrogen (secondary N) is 1. The maximum absolute atomic E-state index is 5.59. The van der Waals surface area contributed by atoms with Gasteiger partial charge in [-0.1, -0.05) is 20.8 Å². The molecular weight excluding hydrogens is 212 g/mol. The summed E-state index contributed by atoms with van der Waals surface area (Å²) >= 11 is 0. The molecule has 0 radical (unpaired) electrons. The lowest BCUT2D eigenvalue weighted by atomic mass is 9.81. The minimum Gasteiger partial charge on any atom is -0.378 e. The Balaban J connectivity index is 2.63. The van der Waals surface area contributed by atoms with Crippen LogP contribution in [0.4, 0.5) is 0 Å². The van der Waals surface area contributed by atoms with Crippen LogP contribution in [0.2, 0.25) is 0 Å². The van der Waals surface area contributed by atoms with Crippen LogP contribution >= 0.6 is 0 Å². The van der Waals surface area contributed by atoms with Crippen molar-refractivity contribution in [2.75, 3.05) is 39.9 Å². The van der Waals surface area contributed by atoms with Gasteiger partial charge in [0.1, 0.15) is 0 Å². The number of rotatable bonds is 7. The van der Waals surface area contributed by atoms with Crippen LogP contribution in [0.1, 0.15) is 40.0 Å². The number of hydrogen-bond donors (Lipinski definition) is 1. The third-order valence-electron chi connectivity index (χ3n) is 4.41. The van der Waals surface area contributed by atoms with E-state index in [1.165, 1.54) is 25.8 Å². The molecule has 0 aromatic carbocycles. The van der Waals surface area contributed by atoms with Crippen molar-refractivity contribution in [2.24, 2.45) is 5.41 Å². The Labute approximate surface area is 107 Å². The van der Waals surface area contributed by atoms with Crippen molar-refractivity contribution in [2.45, 2.75) is 46.1 Å². The Bertz CT molecular complexity index is 204. The number of morpholine rings is 1. The molecule has 1 rings (SSSR count). The van der Waals surface area contributed by atoms with Gasteiger partial charge in [0.05, 0.1) is 13.2 Å². The second kappa shape index (κ2) is 7.34. The molecule has 0 spiro atoms. The highest BCUT2D eigenvalue weighted by Crippen LogP contribution is 2.28. The monoisotopic (exact) mass is 242 g/mol. The highest BCUT2D eigenvalue weighted by molar-refractivity contribution is 4.86. The number of ether oxygens (including phenoxy) is 1. The minimum atomic E-state index is 0.430. The van der Waals surface area contributed by atoms with E-state index in [0.717, 1.165) is 26.3 Å². The molecule has 0 saturated carbocycles. The minimum absolute atomic E-state index is 0.430. The average Bonchev–Trinajstić information content (AvgIpc) is 2.38. The van der Waals surface area contributed by atoms with E-state index in [-0.39, 0.29) is 0 Å². The lowest BCUT2D eigenvalue weighted by Gasteiger charge is -2.42. The van der Waals surface area contributed by atoms with Crippen molar-refractivity contribution in [1.29, 1.82) is 0 Å². The van der Waals surface area contributed by atoms with Gasteiger partial charge in [-0.15, -0.1) is 0 Å². The molecule has 3 heteroatoms. The molecule has 0 aromatic rings. The molecule has 1 N–H and O–H groups in total. The predicted octanol–water partition coefficient (Wildman–Crippen LogP) is 2.12. The summed E-state index contributed by atoms with van der Waals surface area (Å²) in [6, 6.07) is 0.623. The first kappa shape index (κ1) is 14.9. The molecule has 1 fully saturated rings. The summed E-state index contributed by atoms with van der Waals surface area (Å²) in [6.45, 7) is 12.2. The Morgan fingerprint density at radius 1 is 1.29 bits per heavy atom. The highest BCUT2D eigenvalue weighted by Gasteiger charge is 2.31. The summed E-state index contributed by atoms with van der Waals surface area (Å²) in [4.78, 5) is 2.65. The van der Waals surface area contributed by atoms with E-state index in [9.17, 15) is 0 Å². The molecule has 0 aromatic heterocycles. The normalized spacial score (nSPS) is 22.9. The van der Waals surface area contributed by atoms with Crippen LogP contribution in [-0.2, 0) is 4.74 Å². The Morgan fingerprint density at radius 3 is 2.53 bits per heavy atom. The van der Waals surface area contributed by atoms with Gasteiger partial charge in [-0.2, -0.15) is 0 Å². The maximum Gasteiger partial charge on any atom is 0.0622 e. The highest BCUT2D eigenvalue weighted by atomic mass is 16.5. The number of nitrogens with zero attached hydrogens (tertiary/aromatic N) is 1. The van der Waals surface area contributed by atoms with Gasteiger partial charge in [0.25, 0.3) is 0 Å². The molecule has 1 atom stereocenters. The molecule has 1 aliphatic rings. The molecule has 0 aliphatic carbocycles. The van der Waals surface area contributed by atoms with Gasteiger partial charge in [-0.3, -0.25) is 4.90 Å². The molecule has 1 aliphatic heterocycles. The van der Waals surface area contributed by atoms with Crippen LogP contribution in [0.5, 0.6) is 0 Å². The fourth-order valence-electron chi connectivity index (χ4n) is 2.86. The third-order valence-corrected chi connectivity index (χ3v) is 4.41. The van der Waals surface area contributed by atoms with Crippen LogP contribution < -0.4 is 5.32 Å². The van der Waals surface area contributed by atoms with E-state index in [1.807, 2.05) is 0 Å². The first-order chi connectivity index (χ1) is 8.21. The van der Waals surface area contributed by atoms with Crippen LogP contribution in [0.15, 0.2) is 0 Å². The molecule has 0 bridgehead atoms. The largest absolute Gasteiger partial charge is 0.378 e. The van der Waals surface area contributed by atoms with Gasteiger partial charge in [0.2, 0.25) is 0 Å². The van der Waals surface area contributed by atoms with Gasteiger partial charge in [0.15, 0.2) is 0 Å². The van der Waals surface area contributed by atoms with Crippen molar-refractivity contribution in [3.8, 4) is 0 Å². The van der Waals surface area contributed by atoms with E-state index in [0.29, 0.717) is 11.5 Å². The Morgan fingerprint density at radius 2 is 2.00 bits per heavy atom. The molecular formula is C14H30N2O. The van der Waals surface area contributed by atoms with E-state index < -0.39 is 0 Å². The maximum atomic E-state index is 5.59. The fourth-order valence-corrected chi connectivity index (χ4v) is 2.86. The Kier molecular flexibility index (Phi) is 6.45. The lowest BCUT2D eigenvalue weighted by Crippen LogP contribution is -2.51. The quantitative estimate of drug-likeness (QED) is 0.740. The zero-order valence-electron chi connectivity index (χ0n) is 12.1. The molecule has 1 unspecified atom stereocenters. The predicted molar refractivity (Wildman–Crippen MR) is 73.4 cm³/mol. The standard InChI is InChI=1S/C14H30N2O/c1-5-13-10-17-9-8-16(13)12-14(6-2,7-3)11-15-4/h13,15H,5-12H2,1-4H3. The van der Waals surface area contributed by atoms with E-state index in [4.69, 9.17) is 4.74 Å². The SMILES string of the molecule is CCC1COCCN1CC(CC)(CC)CNC. The molecule has 1 saturated heterocycles. The van der Waals surface area contributed by atoms with Crippen LogP contribution in [0, 0.1) is 5.41 Å². The van der Waals surface area contributed by atoms with E-state index >= 15 is 0 Å². The van der Waals surface area contributed by atoms with Gasteiger partial charge in [0, 0.05) is 25.7 Å². The van der Waals surface area contributed by atoms with Gasteiger partial charge in [-0.25, -0.2) is 0 Å². The fraction of sp³-hybridized carbons (Fsp3) is 1.00. The summed E-state index contributed by atoms with van der Waals surface area (Å²) in [5, 5.41) is 3.37. The molecule has 1 heterocycles. The van der Waals surface area contributed by atoms with Gasteiger partial charge < -0.3 is 10.1 Å². The zero-order valence-corrected chi connectivity index (χ0v) is 12.1. The first-order valence-corrected chi connectivity index (χ1v) is 7.17. The first-order valence-electron chi connectivity index (χ1n) is 7.17. The smallest absolute Gasteiger partial charge is 0.0622 e. The summed E-state index contributed by atoms with van der Waals surface area (Å²) in [6.07, 6.45) is 3.69. The Hall–Kier alpha value is -0.120. The van der Waals surface area contributed by atoms with E-state index in [1.54, 1.807) is 0 Å². The van der Waals surface area contributed by atoms with Crippen molar-refractivity contribution in [3.05, 3.63) is 0 Å². The summed E-state index contributed by atoms with van der Waals surface area (Å²) in [5.74, 6) is 0. The molecule has 102 valence electrons. The van der Waals surface area contributed by atoms with Crippen molar-refractivity contribution in [3.63, 3.8) is 0 Å². The van der Waals surface area contributed by atoms with Crippen LogP contribution in [0.25, 0.3) is 0 Å². The topological polar surface area (TPSA) is 24.5 Å².